The Labute approximate surface area is 122 Å². The second-order valence-electron chi connectivity index (χ2n) is 6.38. The monoisotopic (exact) mass is 292 g/mol. The molecule has 0 fully saturated rings. The van der Waals surface area contributed by atoms with Crippen LogP contribution in [-0.4, -0.2) is 13.1 Å². The van der Waals surface area contributed by atoms with Gasteiger partial charge >= 0.3 is 0 Å². The number of rotatable bonds is 4. The minimum atomic E-state index is -1.52. The lowest BCUT2D eigenvalue weighted by Crippen LogP contribution is -2.33. The Balaban J connectivity index is 2.30. The Morgan fingerprint density at radius 2 is 1.95 bits per heavy atom. The lowest BCUT2D eigenvalue weighted by Gasteiger charge is -2.37. The third-order valence-electron chi connectivity index (χ3n) is 3.46. The Hall–Kier alpha value is -0.513. The molecule has 0 heterocycles. The van der Waals surface area contributed by atoms with E-state index < -0.39 is 8.32 Å². The molecule has 1 unspecified atom stereocenters. The van der Waals surface area contributed by atoms with Crippen LogP contribution in [0.5, 0.6) is 0 Å². The van der Waals surface area contributed by atoms with Gasteiger partial charge in [-0.25, -0.2) is 0 Å². The molecule has 0 aromatic carbocycles. The largest absolute Gasteiger partial charge is 0.357 e. The van der Waals surface area contributed by atoms with Gasteiger partial charge in [0.05, 0.1) is 4.75 Å². The molecule has 0 aromatic rings. The molecule has 2 rings (SSSR count). The molecule has 3 heteroatoms. The van der Waals surface area contributed by atoms with E-state index in [0.29, 0.717) is 0 Å². The fourth-order valence-corrected chi connectivity index (χ4v) is 4.59. The van der Waals surface area contributed by atoms with E-state index in [1.54, 1.807) is 12.0 Å². The third-order valence-corrected chi connectivity index (χ3v) is 6.81. The molecule has 0 saturated carbocycles. The van der Waals surface area contributed by atoms with Crippen LogP contribution in [0.15, 0.2) is 47.1 Å². The van der Waals surface area contributed by atoms with Gasteiger partial charge in [-0.3, -0.25) is 0 Å². The summed E-state index contributed by atoms with van der Waals surface area (Å²) in [5.74, 6) is 0. The first-order valence-electron chi connectivity index (χ1n) is 6.93. The maximum Gasteiger partial charge on any atom is 0.202 e. The highest BCUT2D eigenvalue weighted by molar-refractivity contribution is 7.97. The Morgan fingerprint density at radius 1 is 1.21 bits per heavy atom. The predicted molar refractivity (Wildman–Crippen MR) is 88.7 cm³/mol. The van der Waals surface area contributed by atoms with Gasteiger partial charge in [0.2, 0.25) is 8.32 Å². The second kappa shape index (κ2) is 5.47. The van der Waals surface area contributed by atoms with Crippen LogP contribution in [0.2, 0.25) is 19.6 Å². The van der Waals surface area contributed by atoms with Gasteiger partial charge in [0, 0.05) is 0 Å². The fourth-order valence-electron chi connectivity index (χ4n) is 2.43. The van der Waals surface area contributed by atoms with E-state index in [4.69, 9.17) is 3.87 Å². The summed E-state index contributed by atoms with van der Waals surface area (Å²) in [5, 5.41) is 0. The van der Waals surface area contributed by atoms with Crippen LogP contribution in [0.4, 0.5) is 0 Å². The van der Waals surface area contributed by atoms with Crippen molar-refractivity contribution in [3.05, 3.63) is 47.1 Å². The molecule has 19 heavy (non-hydrogen) atoms. The summed E-state index contributed by atoms with van der Waals surface area (Å²) in [7, 11) is -1.52. The molecule has 0 radical (unpaired) electrons. The maximum absolute atomic E-state index is 6.20. The van der Waals surface area contributed by atoms with Crippen LogP contribution in [0.1, 0.15) is 26.7 Å². The minimum absolute atomic E-state index is 0.00715. The van der Waals surface area contributed by atoms with Crippen LogP contribution < -0.4 is 0 Å². The number of allylic oxidation sites excluding steroid dienone is 6. The van der Waals surface area contributed by atoms with Gasteiger partial charge in [-0.2, -0.15) is 0 Å². The van der Waals surface area contributed by atoms with Crippen molar-refractivity contribution in [2.45, 2.75) is 51.1 Å². The standard InChI is InChI=1S/C16H24OSSi/c1-13-10-11-16(14(2)12-13,15-8-6-7-9-15)18-17-19(3,4)5/h6,8-10,12H,7,11H2,1-5H3. The zero-order valence-corrected chi connectivity index (χ0v) is 14.4. The van der Waals surface area contributed by atoms with E-state index >= 15 is 0 Å². The molecule has 1 atom stereocenters. The molecular weight excluding hydrogens is 268 g/mol. The second-order valence-corrected chi connectivity index (χ2v) is 12.1. The van der Waals surface area contributed by atoms with E-state index in [0.717, 1.165) is 12.8 Å². The van der Waals surface area contributed by atoms with Crippen molar-refractivity contribution in [1.29, 1.82) is 0 Å². The first-order chi connectivity index (χ1) is 8.83. The summed E-state index contributed by atoms with van der Waals surface area (Å²) in [5.41, 5.74) is 4.19. The molecule has 104 valence electrons. The Kier molecular flexibility index (Phi) is 4.28. The van der Waals surface area contributed by atoms with Crippen LogP contribution >= 0.6 is 12.0 Å². The average molecular weight is 293 g/mol. The molecule has 0 spiro atoms. The van der Waals surface area contributed by atoms with Gasteiger partial charge in [0.1, 0.15) is 0 Å². The molecular formula is C16H24OSSi. The van der Waals surface area contributed by atoms with Crippen molar-refractivity contribution in [3.8, 4) is 0 Å². The Morgan fingerprint density at radius 3 is 2.47 bits per heavy atom. The van der Waals surface area contributed by atoms with Crippen molar-refractivity contribution < 1.29 is 3.87 Å². The Bertz CT molecular complexity index is 479. The summed E-state index contributed by atoms with van der Waals surface area (Å²) >= 11 is 1.69. The summed E-state index contributed by atoms with van der Waals surface area (Å²) in [6.07, 6.45) is 13.6. The molecule has 0 N–H and O–H groups in total. The lowest BCUT2D eigenvalue weighted by atomic mass is 9.83. The zero-order chi connectivity index (χ0) is 14.1. The van der Waals surface area contributed by atoms with Gasteiger partial charge in [0.15, 0.2) is 0 Å². The topological polar surface area (TPSA) is 9.23 Å². The van der Waals surface area contributed by atoms with Gasteiger partial charge in [-0.1, -0.05) is 41.5 Å². The summed E-state index contributed by atoms with van der Waals surface area (Å²) in [6.45, 7) is 11.2. The molecule has 0 amide bonds. The SMILES string of the molecule is CC1=CCC(SO[Si](C)(C)C)(C2=CCC=C2)C(C)=C1. The van der Waals surface area contributed by atoms with Gasteiger partial charge in [0.25, 0.3) is 0 Å². The smallest absolute Gasteiger partial charge is 0.202 e. The highest BCUT2D eigenvalue weighted by Crippen LogP contribution is 2.48. The molecule has 0 aliphatic heterocycles. The van der Waals surface area contributed by atoms with Gasteiger partial charge in [-0.15, -0.1) is 0 Å². The van der Waals surface area contributed by atoms with E-state index in [-0.39, 0.29) is 4.75 Å². The average Bonchev–Trinajstić information content (AvgIpc) is 2.81. The van der Waals surface area contributed by atoms with Crippen molar-refractivity contribution in [2.75, 3.05) is 0 Å². The van der Waals surface area contributed by atoms with Crippen molar-refractivity contribution >= 4 is 20.4 Å². The van der Waals surface area contributed by atoms with E-state index in [1.807, 2.05) is 0 Å². The molecule has 2 aliphatic carbocycles. The van der Waals surface area contributed by atoms with E-state index in [1.165, 1.54) is 16.7 Å². The molecule has 0 bridgehead atoms. The molecule has 1 nitrogen and oxygen atoms in total. The van der Waals surface area contributed by atoms with Crippen LogP contribution in [0.3, 0.4) is 0 Å². The molecule has 0 saturated heterocycles. The predicted octanol–water partition coefficient (Wildman–Crippen LogP) is 5.41. The van der Waals surface area contributed by atoms with Crippen molar-refractivity contribution in [3.63, 3.8) is 0 Å². The fraction of sp³-hybridized carbons (Fsp3) is 0.500. The lowest BCUT2D eigenvalue weighted by molar-refractivity contribution is 0.619. The minimum Gasteiger partial charge on any atom is -0.357 e. The highest BCUT2D eigenvalue weighted by Gasteiger charge is 2.39. The summed E-state index contributed by atoms with van der Waals surface area (Å²) in [4.78, 5) is 0. The normalized spacial score (nSPS) is 27.1. The summed E-state index contributed by atoms with van der Waals surface area (Å²) < 4.78 is 6.19. The van der Waals surface area contributed by atoms with E-state index in [2.05, 4.69) is 63.9 Å². The number of hydrogen-bond acceptors (Lipinski definition) is 2. The summed E-state index contributed by atoms with van der Waals surface area (Å²) in [6, 6.07) is 0. The number of hydrogen-bond donors (Lipinski definition) is 0. The van der Waals surface area contributed by atoms with Crippen LogP contribution in [0, 0.1) is 0 Å². The first-order valence-corrected chi connectivity index (χ1v) is 11.1. The third kappa shape index (κ3) is 3.33. The zero-order valence-electron chi connectivity index (χ0n) is 12.6. The van der Waals surface area contributed by atoms with Crippen molar-refractivity contribution in [2.24, 2.45) is 0 Å². The quantitative estimate of drug-likeness (QED) is 0.506. The van der Waals surface area contributed by atoms with Gasteiger partial charge < -0.3 is 3.87 Å². The highest BCUT2D eigenvalue weighted by atomic mass is 32.2. The van der Waals surface area contributed by atoms with E-state index in [9.17, 15) is 0 Å². The van der Waals surface area contributed by atoms with Crippen LogP contribution in [0.25, 0.3) is 0 Å². The maximum atomic E-state index is 6.20. The molecule has 2 aliphatic rings. The molecule has 0 aromatic heterocycles. The van der Waals surface area contributed by atoms with Gasteiger partial charge in [-0.05, 0) is 63.9 Å². The van der Waals surface area contributed by atoms with Crippen molar-refractivity contribution in [1.82, 2.24) is 0 Å². The first kappa shape index (κ1) is 14.9. The van der Waals surface area contributed by atoms with Crippen LogP contribution in [-0.2, 0) is 3.87 Å².